The van der Waals surface area contributed by atoms with Gasteiger partial charge in [-0.1, -0.05) is 24.4 Å². The predicted molar refractivity (Wildman–Crippen MR) is 74.9 cm³/mol. The molecule has 1 aliphatic rings. The van der Waals surface area contributed by atoms with E-state index in [1.54, 1.807) is 10.9 Å². The summed E-state index contributed by atoms with van der Waals surface area (Å²) in [5.41, 5.74) is 1.96. The molecule has 3 rings (SSSR count). The van der Waals surface area contributed by atoms with Crippen molar-refractivity contribution < 1.29 is 0 Å². The smallest absolute Gasteiger partial charge is 0.177 e. The largest absolute Gasteiger partial charge is 0.201 e. The zero-order valence-electron chi connectivity index (χ0n) is 10.4. The quantitative estimate of drug-likeness (QED) is 0.811. The number of hydrogen-bond acceptors (Lipinski definition) is 3. The van der Waals surface area contributed by atoms with Crippen LogP contribution in [-0.4, -0.2) is 20.0 Å². The van der Waals surface area contributed by atoms with E-state index in [1.165, 1.54) is 12.8 Å². The summed E-state index contributed by atoms with van der Waals surface area (Å²) in [4.78, 5) is 0. The minimum atomic E-state index is 0.380. The molecule has 0 atom stereocenters. The van der Waals surface area contributed by atoms with E-state index < -0.39 is 0 Å². The molecule has 19 heavy (non-hydrogen) atoms. The summed E-state index contributed by atoms with van der Waals surface area (Å²) in [5, 5.41) is 13.1. The lowest BCUT2D eigenvalue weighted by Gasteiger charge is -2.06. The van der Waals surface area contributed by atoms with Crippen LogP contribution in [0.5, 0.6) is 0 Å². The highest BCUT2D eigenvalue weighted by Crippen LogP contribution is 2.38. The zero-order chi connectivity index (χ0) is 13.2. The van der Waals surface area contributed by atoms with Crippen molar-refractivity contribution in [1.29, 1.82) is 0 Å². The van der Waals surface area contributed by atoms with Crippen molar-refractivity contribution in [2.75, 3.05) is 0 Å². The van der Waals surface area contributed by atoms with Gasteiger partial charge in [0.2, 0.25) is 0 Å². The van der Waals surface area contributed by atoms with E-state index in [1.807, 2.05) is 12.1 Å². The summed E-state index contributed by atoms with van der Waals surface area (Å²) in [5.74, 6) is 1.48. The molecule has 0 spiro atoms. The van der Waals surface area contributed by atoms with Crippen LogP contribution in [0.25, 0.3) is 5.82 Å². The Hall–Kier alpha value is -1.13. The molecule has 2 heterocycles. The minimum absolute atomic E-state index is 0.380. The first-order chi connectivity index (χ1) is 9.31. The van der Waals surface area contributed by atoms with E-state index in [-0.39, 0.29) is 0 Å². The second-order valence-electron chi connectivity index (χ2n) is 4.76. The van der Waals surface area contributed by atoms with Crippen molar-refractivity contribution in [1.82, 2.24) is 20.0 Å². The van der Waals surface area contributed by atoms with Crippen LogP contribution in [0.4, 0.5) is 0 Å². The van der Waals surface area contributed by atoms with E-state index in [4.69, 9.17) is 23.2 Å². The van der Waals surface area contributed by atoms with Gasteiger partial charge < -0.3 is 0 Å². The maximum absolute atomic E-state index is 6.39. The zero-order valence-corrected chi connectivity index (χ0v) is 11.9. The summed E-state index contributed by atoms with van der Waals surface area (Å²) in [6, 6.07) is 3.65. The van der Waals surface area contributed by atoms with Gasteiger partial charge in [0, 0.05) is 17.7 Å². The Morgan fingerprint density at radius 2 is 2.11 bits per heavy atom. The highest BCUT2D eigenvalue weighted by atomic mass is 35.5. The van der Waals surface area contributed by atoms with Crippen molar-refractivity contribution in [3.05, 3.63) is 34.7 Å². The fourth-order valence-corrected chi connectivity index (χ4v) is 3.27. The van der Waals surface area contributed by atoms with Gasteiger partial charge in [-0.3, -0.25) is 0 Å². The van der Waals surface area contributed by atoms with Crippen LogP contribution in [-0.2, 0) is 5.88 Å². The molecule has 1 saturated carbocycles. The third-order valence-corrected chi connectivity index (χ3v) is 4.26. The molecular formula is C13H14Cl2N4. The summed E-state index contributed by atoms with van der Waals surface area (Å²) in [6.07, 6.45) is 6.46. The molecule has 0 radical (unpaired) electrons. The van der Waals surface area contributed by atoms with Gasteiger partial charge in [0.1, 0.15) is 5.15 Å². The summed E-state index contributed by atoms with van der Waals surface area (Å²) in [7, 11) is 0. The maximum Gasteiger partial charge on any atom is 0.177 e. The van der Waals surface area contributed by atoms with Gasteiger partial charge in [0.05, 0.1) is 11.6 Å². The average Bonchev–Trinajstić information content (AvgIpc) is 3.07. The molecule has 1 aliphatic carbocycles. The van der Waals surface area contributed by atoms with E-state index in [2.05, 4.69) is 15.3 Å². The Morgan fingerprint density at radius 1 is 1.32 bits per heavy atom. The third-order valence-electron chi connectivity index (χ3n) is 3.60. The van der Waals surface area contributed by atoms with E-state index in [0.717, 1.165) is 24.1 Å². The van der Waals surface area contributed by atoms with Crippen molar-refractivity contribution in [3.63, 3.8) is 0 Å². The first-order valence-corrected chi connectivity index (χ1v) is 7.34. The Bertz CT molecular complexity index is 562. The average molecular weight is 297 g/mol. The van der Waals surface area contributed by atoms with Crippen LogP contribution in [0.15, 0.2) is 18.3 Å². The van der Waals surface area contributed by atoms with Gasteiger partial charge in [-0.2, -0.15) is 10.2 Å². The van der Waals surface area contributed by atoms with Crippen LogP contribution >= 0.6 is 23.2 Å². The van der Waals surface area contributed by atoms with Crippen molar-refractivity contribution in [3.8, 4) is 5.82 Å². The standard InChI is InChI=1S/C13H14Cl2N4/c14-8-10-12(9-4-1-2-5-9)18-19(13(10)15)11-6-3-7-16-17-11/h3,6-7,9H,1-2,4-5,8H2. The molecule has 0 N–H and O–H groups in total. The Morgan fingerprint density at radius 3 is 2.74 bits per heavy atom. The van der Waals surface area contributed by atoms with Gasteiger partial charge in [-0.15, -0.1) is 16.7 Å². The van der Waals surface area contributed by atoms with Gasteiger partial charge >= 0.3 is 0 Å². The Kier molecular flexibility index (Phi) is 3.71. The number of halogens is 2. The molecule has 6 heteroatoms. The van der Waals surface area contributed by atoms with Gasteiger partial charge in [-0.05, 0) is 25.0 Å². The van der Waals surface area contributed by atoms with Crippen LogP contribution in [0.2, 0.25) is 5.15 Å². The lowest BCUT2D eigenvalue weighted by atomic mass is 10.0. The molecule has 0 aromatic carbocycles. The molecule has 4 nitrogen and oxygen atoms in total. The van der Waals surface area contributed by atoms with E-state index >= 15 is 0 Å². The molecule has 1 fully saturated rings. The Balaban J connectivity index is 2.07. The molecule has 2 aromatic rings. The number of nitrogens with zero attached hydrogens (tertiary/aromatic N) is 4. The second kappa shape index (κ2) is 5.47. The van der Waals surface area contributed by atoms with Gasteiger partial charge in [0.25, 0.3) is 0 Å². The van der Waals surface area contributed by atoms with Crippen LogP contribution in [0.1, 0.15) is 42.9 Å². The normalized spacial score (nSPS) is 16.1. The lowest BCUT2D eigenvalue weighted by Crippen LogP contribution is -2.02. The fourth-order valence-electron chi connectivity index (χ4n) is 2.65. The predicted octanol–water partition coefficient (Wildman–Crippen LogP) is 3.71. The second-order valence-corrected chi connectivity index (χ2v) is 5.39. The van der Waals surface area contributed by atoms with Crippen LogP contribution in [0, 0.1) is 0 Å². The number of hydrogen-bond donors (Lipinski definition) is 0. The summed E-state index contributed by atoms with van der Waals surface area (Å²) in [6.45, 7) is 0. The topological polar surface area (TPSA) is 43.6 Å². The molecule has 0 amide bonds. The molecule has 0 aliphatic heterocycles. The number of alkyl halides is 1. The first-order valence-electron chi connectivity index (χ1n) is 6.42. The highest BCUT2D eigenvalue weighted by molar-refractivity contribution is 6.31. The van der Waals surface area contributed by atoms with E-state index in [9.17, 15) is 0 Å². The molecule has 0 saturated heterocycles. The summed E-state index contributed by atoms with van der Waals surface area (Å²) >= 11 is 12.4. The van der Waals surface area contributed by atoms with Crippen molar-refractivity contribution >= 4 is 23.2 Å². The Labute approximate surface area is 121 Å². The van der Waals surface area contributed by atoms with Crippen LogP contribution < -0.4 is 0 Å². The third kappa shape index (κ3) is 2.35. The first kappa shape index (κ1) is 12.9. The van der Waals surface area contributed by atoms with Crippen molar-refractivity contribution in [2.45, 2.75) is 37.5 Å². The molecule has 2 aromatic heterocycles. The maximum atomic E-state index is 6.39. The fraction of sp³-hybridized carbons (Fsp3) is 0.462. The number of aromatic nitrogens is 4. The van der Waals surface area contributed by atoms with Gasteiger partial charge in [-0.25, -0.2) is 4.68 Å². The highest BCUT2D eigenvalue weighted by Gasteiger charge is 2.26. The molecule has 100 valence electrons. The van der Waals surface area contributed by atoms with Crippen molar-refractivity contribution in [2.24, 2.45) is 0 Å². The van der Waals surface area contributed by atoms with Gasteiger partial charge in [0.15, 0.2) is 5.82 Å². The number of rotatable bonds is 3. The lowest BCUT2D eigenvalue weighted by molar-refractivity contribution is 0.670. The minimum Gasteiger partial charge on any atom is -0.201 e. The SMILES string of the molecule is ClCc1c(C2CCCC2)nn(-c2cccnn2)c1Cl. The molecule has 0 unspecified atom stereocenters. The molecular weight excluding hydrogens is 283 g/mol. The summed E-state index contributed by atoms with van der Waals surface area (Å²) < 4.78 is 1.64. The van der Waals surface area contributed by atoms with Crippen LogP contribution in [0.3, 0.4) is 0 Å². The molecule has 0 bridgehead atoms. The van der Waals surface area contributed by atoms with E-state index in [0.29, 0.717) is 22.8 Å². The monoisotopic (exact) mass is 296 g/mol.